The van der Waals surface area contributed by atoms with E-state index >= 15 is 0 Å². The largest absolute Gasteiger partial charge is 0.506 e. The van der Waals surface area contributed by atoms with Gasteiger partial charge >= 0.3 is 0 Å². The standard InChI is InChI=1S/C15H17ClN4O2/c1-9-17-14(19-18-9)12-4-2-3-7-20(12)15(22)10-5-6-13(21)11(16)8-10/h5-6,8,12,21H,2-4,7H2,1H3,(H,17,18,19)/t12-/m1/s1. The van der Waals surface area contributed by atoms with Gasteiger partial charge in [0.25, 0.3) is 5.91 Å². The number of rotatable bonds is 2. The van der Waals surface area contributed by atoms with Crippen LogP contribution in [0.5, 0.6) is 5.75 Å². The fraction of sp³-hybridized carbons (Fsp3) is 0.400. The van der Waals surface area contributed by atoms with E-state index in [1.807, 2.05) is 6.92 Å². The van der Waals surface area contributed by atoms with E-state index in [1.165, 1.54) is 12.1 Å². The number of piperidine rings is 1. The first kappa shape index (κ1) is 14.8. The summed E-state index contributed by atoms with van der Waals surface area (Å²) in [6, 6.07) is 4.39. The summed E-state index contributed by atoms with van der Waals surface area (Å²) in [5, 5.41) is 16.7. The normalized spacial score (nSPS) is 18.5. The minimum atomic E-state index is -0.126. The van der Waals surface area contributed by atoms with E-state index in [4.69, 9.17) is 11.6 Å². The monoisotopic (exact) mass is 320 g/mol. The van der Waals surface area contributed by atoms with Crippen LogP contribution in [0.2, 0.25) is 5.02 Å². The molecule has 0 aliphatic carbocycles. The zero-order valence-corrected chi connectivity index (χ0v) is 13.0. The molecule has 7 heteroatoms. The highest BCUT2D eigenvalue weighted by atomic mass is 35.5. The van der Waals surface area contributed by atoms with Crippen molar-refractivity contribution in [2.75, 3.05) is 6.54 Å². The number of nitrogens with zero attached hydrogens (tertiary/aromatic N) is 3. The van der Waals surface area contributed by atoms with Crippen molar-refractivity contribution in [3.8, 4) is 5.75 Å². The van der Waals surface area contributed by atoms with Crippen LogP contribution in [0.15, 0.2) is 18.2 Å². The van der Waals surface area contributed by atoms with Gasteiger partial charge in [-0.1, -0.05) is 11.6 Å². The highest BCUT2D eigenvalue weighted by Crippen LogP contribution is 2.31. The minimum Gasteiger partial charge on any atom is -0.506 e. The summed E-state index contributed by atoms with van der Waals surface area (Å²) in [5.41, 5.74) is 0.460. The highest BCUT2D eigenvalue weighted by molar-refractivity contribution is 6.32. The Kier molecular flexibility index (Phi) is 4.02. The molecule has 1 fully saturated rings. The highest BCUT2D eigenvalue weighted by Gasteiger charge is 2.31. The Morgan fingerprint density at radius 3 is 2.95 bits per heavy atom. The fourth-order valence-electron chi connectivity index (χ4n) is 2.76. The summed E-state index contributed by atoms with van der Waals surface area (Å²) < 4.78 is 0. The third kappa shape index (κ3) is 2.78. The smallest absolute Gasteiger partial charge is 0.254 e. The summed E-state index contributed by atoms with van der Waals surface area (Å²) in [7, 11) is 0. The molecule has 1 atom stereocenters. The van der Waals surface area contributed by atoms with Crippen LogP contribution in [0.3, 0.4) is 0 Å². The lowest BCUT2D eigenvalue weighted by Gasteiger charge is -2.34. The maximum atomic E-state index is 12.8. The van der Waals surface area contributed by atoms with Gasteiger partial charge in [0, 0.05) is 12.1 Å². The molecule has 0 spiro atoms. The number of benzene rings is 1. The third-order valence-electron chi connectivity index (χ3n) is 3.87. The number of aromatic hydroxyl groups is 1. The zero-order chi connectivity index (χ0) is 15.7. The van der Waals surface area contributed by atoms with E-state index in [9.17, 15) is 9.90 Å². The van der Waals surface area contributed by atoms with Crippen molar-refractivity contribution in [2.24, 2.45) is 0 Å². The second-order valence-corrected chi connectivity index (χ2v) is 5.86. The topological polar surface area (TPSA) is 82.1 Å². The molecule has 1 saturated heterocycles. The molecule has 0 saturated carbocycles. The molecule has 2 aromatic rings. The molecular formula is C15H17ClN4O2. The van der Waals surface area contributed by atoms with Crippen LogP contribution in [0, 0.1) is 6.92 Å². The van der Waals surface area contributed by atoms with Crippen molar-refractivity contribution >= 4 is 17.5 Å². The second kappa shape index (κ2) is 5.96. The molecule has 2 N–H and O–H groups in total. The molecule has 1 aliphatic heterocycles. The molecule has 1 aliphatic rings. The summed E-state index contributed by atoms with van der Waals surface area (Å²) in [6.45, 7) is 2.50. The van der Waals surface area contributed by atoms with Gasteiger partial charge in [-0.25, -0.2) is 4.98 Å². The number of aromatic nitrogens is 3. The van der Waals surface area contributed by atoms with Gasteiger partial charge in [0.1, 0.15) is 11.6 Å². The van der Waals surface area contributed by atoms with E-state index in [0.717, 1.165) is 25.1 Å². The molecule has 22 heavy (non-hydrogen) atoms. The summed E-state index contributed by atoms with van der Waals surface area (Å²) in [6.07, 6.45) is 2.84. The number of phenols is 1. The van der Waals surface area contributed by atoms with Crippen LogP contribution in [0.4, 0.5) is 0 Å². The first-order chi connectivity index (χ1) is 10.6. The number of aromatic amines is 1. The van der Waals surface area contributed by atoms with Crippen molar-refractivity contribution in [1.29, 1.82) is 0 Å². The Morgan fingerprint density at radius 1 is 1.45 bits per heavy atom. The van der Waals surface area contributed by atoms with E-state index in [-0.39, 0.29) is 22.7 Å². The number of phenolic OH excluding ortho intramolecular Hbond substituents is 1. The number of hydrogen-bond donors (Lipinski definition) is 2. The molecule has 3 rings (SSSR count). The number of hydrogen-bond acceptors (Lipinski definition) is 4. The first-order valence-corrected chi connectivity index (χ1v) is 7.62. The van der Waals surface area contributed by atoms with Gasteiger partial charge in [0.05, 0.1) is 11.1 Å². The van der Waals surface area contributed by atoms with Gasteiger partial charge in [-0.2, -0.15) is 5.10 Å². The van der Waals surface area contributed by atoms with Gasteiger partial charge in [-0.15, -0.1) is 0 Å². The maximum Gasteiger partial charge on any atom is 0.254 e. The Hall–Kier alpha value is -2.08. The number of carbonyl (C=O) groups excluding carboxylic acids is 1. The van der Waals surface area contributed by atoms with E-state index in [0.29, 0.717) is 17.9 Å². The van der Waals surface area contributed by atoms with Crippen molar-refractivity contribution in [1.82, 2.24) is 20.1 Å². The zero-order valence-electron chi connectivity index (χ0n) is 12.2. The number of H-pyrrole nitrogens is 1. The van der Waals surface area contributed by atoms with E-state index < -0.39 is 0 Å². The fourth-order valence-corrected chi connectivity index (χ4v) is 2.94. The van der Waals surface area contributed by atoms with E-state index in [2.05, 4.69) is 15.2 Å². The van der Waals surface area contributed by atoms with Crippen LogP contribution in [-0.2, 0) is 0 Å². The average Bonchev–Trinajstić information content (AvgIpc) is 2.96. The van der Waals surface area contributed by atoms with Gasteiger partial charge in [-0.3, -0.25) is 9.89 Å². The van der Waals surface area contributed by atoms with Crippen molar-refractivity contribution in [3.63, 3.8) is 0 Å². The average molecular weight is 321 g/mol. The molecule has 116 valence electrons. The number of likely N-dealkylation sites (tertiary alicyclic amines) is 1. The van der Waals surface area contributed by atoms with Crippen LogP contribution >= 0.6 is 11.6 Å². The molecule has 1 aromatic heterocycles. The van der Waals surface area contributed by atoms with Crippen LogP contribution in [0.25, 0.3) is 0 Å². The third-order valence-corrected chi connectivity index (χ3v) is 4.17. The molecule has 0 radical (unpaired) electrons. The molecule has 1 amide bonds. The lowest BCUT2D eigenvalue weighted by molar-refractivity contribution is 0.0600. The Labute approximate surface area is 133 Å². The minimum absolute atomic E-state index is 0.0296. The van der Waals surface area contributed by atoms with Crippen LogP contribution < -0.4 is 0 Å². The predicted octanol–water partition coefficient (Wildman–Crippen LogP) is 2.84. The van der Waals surface area contributed by atoms with Crippen molar-refractivity contribution in [2.45, 2.75) is 32.2 Å². The summed E-state index contributed by atoms with van der Waals surface area (Å²) in [5.74, 6) is 1.24. The van der Waals surface area contributed by atoms with E-state index in [1.54, 1.807) is 11.0 Å². The SMILES string of the molecule is Cc1nc([C@H]2CCCCN2C(=O)c2ccc(O)c(Cl)c2)n[nH]1. The van der Waals surface area contributed by atoms with Crippen molar-refractivity contribution < 1.29 is 9.90 Å². The number of amides is 1. The van der Waals surface area contributed by atoms with Crippen LogP contribution in [0.1, 0.15) is 47.3 Å². The lowest BCUT2D eigenvalue weighted by Crippen LogP contribution is -2.39. The van der Waals surface area contributed by atoms with Gasteiger partial charge in [0.2, 0.25) is 0 Å². The number of halogens is 1. The maximum absolute atomic E-state index is 12.8. The molecule has 2 heterocycles. The number of carbonyl (C=O) groups is 1. The Balaban J connectivity index is 1.89. The molecule has 6 nitrogen and oxygen atoms in total. The molecular weight excluding hydrogens is 304 g/mol. The second-order valence-electron chi connectivity index (χ2n) is 5.46. The number of nitrogens with one attached hydrogen (secondary N) is 1. The molecule has 1 aromatic carbocycles. The molecule has 0 bridgehead atoms. The van der Waals surface area contributed by atoms with Gasteiger partial charge in [-0.05, 0) is 44.4 Å². The summed E-state index contributed by atoms with van der Waals surface area (Å²) in [4.78, 5) is 18.9. The van der Waals surface area contributed by atoms with Crippen molar-refractivity contribution in [3.05, 3.63) is 40.4 Å². The van der Waals surface area contributed by atoms with Gasteiger partial charge < -0.3 is 10.0 Å². The first-order valence-electron chi connectivity index (χ1n) is 7.24. The quantitative estimate of drug-likeness (QED) is 0.891. The van der Waals surface area contributed by atoms with Crippen LogP contribution in [-0.4, -0.2) is 37.6 Å². The Bertz CT molecular complexity index is 701. The Morgan fingerprint density at radius 2 is 2.27 bits per heavy atom. The molecule has 0 unspecified atom stereocenters. The lowest BCUT2D eigenvalue weighted by atomic mass is 10.00. The van der Waals surface area contributed by atoms with Gasteiger partial charge in [0.15, 0.2) is 5.82 Å². The summed E-state index contributed by atoms with van der Waals surface area (Å²) >= 11 is 5.90. The number of aryl methyl sites for hydroxylation is 1. The predicted molar refractivity (Wildman–Crippen MR) is 81.9 cm³/mol.